The maximum Gasteiger partial charge on any atom is 0.276 e. The molecule has 174 valence electrons. The van der Waals surface area contributed by atoms with Gasteiger partial charge in [0.1, 0.15) is 6.54 Å². The minimum Gasteiger partial charge on any atom is -0.414 e. The van der Waals surface area contributed by atoms with Crippen LogP contribution in [-0.4, -0.2) is 28.3 Å². The van der Waals surface area contributed by atoms with Crippen molar-refractivity contribution in [1.29, 1.82) is 0 Å². The summed E-state index contributed by atoms with van der Waals surface area (Å²) in [6.45, 7) is 1.14. The number of nitrogens with zero attached hydrogens (tertiary/aromatic N) is 3. The third-order valence-electron chi connectivity index (χ3n) is 5.07. The predicted molar refractivity (Wildman–Crippen MR) is 127 cm³/mol. The van der Waals surface area contributed by atoms with Crippen molar-refractivity contribution >= 4 is 29.3 Å². The minimum absolute atomic E-state index is 0.0865. The summed E-state index contributed by atoms with van der Waals surface area (Å²) in [4.78, 5) is 25.0. The molecule has 2 amide bonds. The third kappa shape index (κ3) is 8.34. The van der Waals surface area contributed by atoms with Gasteiger partial charge in [-0.3, -0.25) is 9.59 Å². The second-order valence-corrected chi connectivity index (χ2v) is 8.33. The van der Waals surface area contributed by atoms with E-state index in [1.54, 1.807) is 24.3 Å². The van der Waals surface area contributed by atoms with E-state index in [0.717, 1.165) is 38.6 Å². The lowest BCUT2D eigenvalue weighted by atomic mass is 10.1. The molecular formula is C24H30N5O3S+. The van der Waals surface area contributed by atoms with Crippen LogP contribution in [0.25, 0.3) is 0 Å². The lowest BCUT2D eigenvalue weighted by Crippen LogP contribution is -2.32. The van der Waals surface area contributed by atoms with Gasteiger partial charge in [-0.1, -0.05) is 42.8 Å². The highest BCUT2D eigenvalue weighted by Gasteiger charge is 2.14. The highest BCUT2D eigenvalue weighted by atomic mass is 32.2. The van der Waals surface area contributed by atoms with Crippen molar-refractivity contribution < 1.29 is 18.6 Å². The number of nitrogens with one attached hydrogen (secondary N) is 2. The van der Waals surface area contributed by atoms with Crippen LogP contribution in [0.4, 0.5) is 5.69 Å². The number of hydrogen-bond acceptors (Lipinski definition) is 6. The van der Waals surface area contributed by atoms with Crippen LogP contribution >= 0.6 is 11.8 Å². The number of carbonyl (C=O) groups excluding carboxylic acids is 2. The van der Waals surface area contributed by atoms with Crippen LogP contribution in [0.15, 0.2) is 64.5 Å². The van der Waals surface area contributed by atoms with Crippen molar-refractivity contribution in [2.75, 3.05) is 11.6 Å². The van der Waals surface area contributed by atoms with Crippen LogP contribution in [0.1, 0.15) is 54.8 Å². The first-order valence-electron chi connectivity index (χ1n) is 11.1. The molecule has 1 aromatic carbocycles. The van der Waals surface area contributed by atoms with E-state index in [-0.39, 0.29) is 18.4 Å². The standard InChI is InChI=1S/C24H29N5O3S/c1-33-24-28-27-22(32-24)18-25-23(31)19-12-7-8-13-20(19)26-21(30)14-6-3-2-4-9-15-29-16-10-5-11-17-29/h5,7-8,10-13,16-17H,2-4,6,9,14-15,18H2,1H3,(H-,25,26,30,31)/p+1. The van der Waals surface area contributed by atoms with Crippen LogP contribution < -0.4 is 15.2 Å². The van der Waals surface area contributed by atoms with Crippen LogP contribution in [0.3, 0.4) is 0 Å². The summed E-state index contributed by atoms with van der Waals surface area (Å²) in [6.07, 6.45) is 11.6. The number of benzene rings is 1. The Balaban J connectivity index is 1.36. The highest BCUT2D eigenvalue weighted by molar-refractivity contribution is 7.98. The first-order chi connectivity index (χ1) is 16.2. The van der Waals surface area contributed by atoms with Crippen molar-refractivity contribution in [3.8, 4) is 0 Å². The van der Waals surface area contributed by atoms with E-state index in [2.05, 4.69) is 37.8 Å². The van der Waals surface area contributed by atoms with Gasteiger partial charge in [-0.15, -0.1) is 10.2 Å². The van der Waals surface area contributed by atoms with Gasteiger partial charge in [0.2, 0.25) is 11.8 Å². The molecule has 3 rings (SSSR count). The van der Waals surface area contributed by atoms with E-state index < -0.39 is 0 Å². The molecule has 2 aromatic heterocycles. The molecule has 0 atom stereocenters. The Morgan fingerprint density at radius 2 is 1.73 bits per heavy atom. The maximum absolute atomic E-state index is 12.6. The summed E-state index contributed by atoms with van der Waals surface area (Å²) in [5, 5.41) is 13.8. The van der Waals surface area contributed by atoms with Crippen LogP contribution in [0, 0.1) is 0 Å². The smallest absolute Gasteiger partial charge is 0.276 e. The predicted octanol–water partition coefficient (Wildman–Crippen LogP) is 3.99. The van der Waals surface area contributed by atoms with Gasteiger partial charge in [-0.2, -0.15) is 0 Å². The first kappa shape index (κ1) is 24.4. The van der Waals surface area contributed by atoms with Crippen molar-refractivity contribution in [2.24, 2.45) is 0 Å². The monoisotopic (exact) mass is 468 g/mol. The lowest BCUT2D eigenvalue weighted by molar-refractivity contribution is -0.697. The van der Waals surface area contributed by atoms with Gasteiger partial charge in [-0.25, -0.2) is 4.57 Å². The van der Waals surface area contributed by atoms with Crippen LogP contribution in [0.2, 0.25) is 0 Å². The van der Waals surface area contributed by atoms with Crippen molar-refractivity contribution in [3.05, 3.63) is 66.3 Å². The quantitative estimate of drug-likeness (QED) is 0.223. The molecule has 0 unspecified atom stereocenters. The van der Waals surface area contributed by atoms with Crippen molar-refractivity contribution in [1.82, 2.24) is 15.5 Å². The minimum atomic E-state index is -0.314. The molecular weight excluding hydrogens is 438 g/mol. The maximum atomic E-state index is 12.6. The van der Waals surface area contributed by atoms with Gasteiger partial charge < -0.3 is 15.1 Å². The fourth-order valence-electron chi connectivity index (χ4n) is 3.34. The second kappa shape index (κ2) is 13.4. The Bertz CT molecular complexity index is 1030. The zero-order valence-corrected chi connectivity index (χ0v) is 19.6. The Morgan fingerprint density at radius 1 is 0.970 bits per heavy atom. The molecule has 0 saturated heterocycles. The summed E-state index contributed by atoms with van der Waals surface area (Å²) in [6, 6.07) is 13.1. The number of aromatic nitrogens is 3. The molecule has 3 aromatic rings. The highest BCUT2D eigenvalue weighted by Crippen LogP contribution is 2.17. The molecule has 0 spiro atoms. The Kier molecular flexibility index (Phi) is 9.90. The van der Waals surface area contributed by atoms with Crippen LogP contribution in [0.5, 0.6) is 0 Å². The number of para-hydroxylation sites is 1. The summed E-state index contributed by atoms with van der Waals surface area (Å²) < 4.78 is 7.56. The number of rotatable bonds is 13. The van der Waals surface area contributed by atoms with Crippen LogP contribution in [-0.2, 0) is 17.9 Å². The number of amides is 2. The third-order valence-corrected chi connectivity index (χ3v) is 5.58. The normalized spacial score (nSPS) is 10.7. The number of unbranched alkanes of at least 4 members (excludes halogenated alkanes) is 4. The molecule has 9 heteroatoms. The zero-order valence-electron chi connectivity index (χ0n) is 18.8. The largest absolute Gasteiger partial charge is 0.414 e. The van der Waals surface area contributed by atoms with Gasteiger partial charge in [0.05, 0.1) is 17.8 Å². The molecule has 0 aliphatic carbocycles. The summed E-state index contributed by atoms with van der Waals surface area (Å²) >= 11 is 1.34. The number of pyridine rings is 1. The average molecular weight is 469 g/mol. The topological polar surface area (TPSA) is 101 Å². The Morgan fingerprint density at radius 3 is 2.52 bits per heavy atom. The number of anilines is 1. The van der Waals surface area contributed by atoms with Gasteiger partial charge in [0.15, 0.2) is 12.4 Å². The van der Waals surface area contributed by atoms with Gasteiger partial charge >= 0.3 is 0 Å². The molecule has 0 fully saturated rings. The van der Waals surface area contributed by atoms with E-state index >= 15 is 0 Å². The Hall–Kier alpha value is -3.20. The van der Waals surface area contributed by atoms with Gasteiger partial charge in [0.25, 0.3) is 11.1 Å². The fraction of sp³-hybridized carbons (Fsp3) is 0.375. The molecule has 0 saturated carbocycles. The molecule has 2 N–H and O–H groups in total. The molecule has 8 nitrogen and oxygen atoms in total. The van der Waals surface area contributed by atoms with E-state index in [1.165, 1.54) is 11.8 Å². The van der Waals surface area contributed by atoms with Crippen molar-refractivity contribution in [2.45, 2.75) is 56.8 Å². The second-order valence-electron chi connectivity index (χ2n) is 7.57. The average Bonchev–Trinajstić information content (AvgIpc) is 3.31. The van der Waals surface area contributed by atoms with E-state index in [9.17, 15) is 9.59 Å². The van der Waals surface area contributed by atoms with E-state index in [0.29, 0.717) is 28.8 Å². The Labute approximate surface area is 198 Å². The number of thioether (sulfide) groups is 1. The molecule has 33 heavy (non-hydrogen) atoms. The molecule has 0 aliphatic heterocycles. The lowest BCUT2D eigenvalue weighted by Gasteiger charge is -2.11. The van der Waals surface area contributed by atoms with Crippen molar-refractivity contribution in [3.63, 3.8) is 0 Å². The van der Waals surface area contributed by atoms with E-state index in [1.807, 2.05) is 24.5 Å². The van der Waals surface area contributed by atoms with E-state index in [4.69, 9.17) is 4.42 Å². The van der Waals surface area contributed by atoms with Gasteiger partial charge in [0, 0.05) is 25.0 Å². The SMILES string of the molecule is CSc1nnc(CNC(=O)c2ccccc2NC(=O)CCCCCCC[n+]2ccccc2)o1. The molecule has 0 bridgehead atoms. The number of carbonyl (C=O) groups is 2. The molecule has 0 aliphatic rings. The summed E-state index contributed by atoms with van der Waals surface area (Å²) in [5.41, 5.74) is 0.893. The number of aryl methyl sites for hydroxylation is 1. The summed E-state index contributed by atoms with van der Waals surface area (Å²) in [7, 11) is 0. The van der Waals surface area contributed by atoms with Gasteiger partial charge in [-0.05, 0) is 31.2 Å². The number of hydrogen-bond donors (Lipinski definition) is 2. The first-order valence-corrected chi connectivity index (χ1v) is 12.4. The fourth-order valence-corrected chi connectivity index (χ4v) is 3.64. The summed E-state index contributed by atoms with van der Waals surface area (Å²) in [5.74, 6) is -0.0701. The molecule has 0 radical (unpaired) electrons. The zero-order chi connectivity index (χ0) is 23.3. The molecule has 2 heterocycles.